The number of carboxylic acid groups (broad SMARTS) is 1. The highest BCUT2D eigenvalue weighted by molar-refractivity contribution is 5.70. The Morgan fingerprint density at radius 3 is 2.41 bits per heavy atom. The van der Waals surface area contributed by atoms with Gasteiger partial charge >= 0.3 is 12.1 Å². The standard InChI is InChI=1S/C28H23F3O3/c1-2-4-20(17-27(32)33)18-9-13-22(14-10-18)34-26-16-15-24-23(5-3-6-25(24)26)19-7-11-21(12-8-19)28(29,30)31/h3,5-14,20,26H,15-17H2,1H3,(H,32,33)/t20-,26?/m0/s1. The van der Waals surface area contributed by atoms with E-state index >= 15 is 0 Å². The first kappa shape index (κ1) is 23.4. The van der Waals surface area contributed by atoms with Crippen LogP contribution < -0.4 is 4.74 Å². The zero-order valence-corrected chi connectivity index (χ0v) is 18.5. The molecule has 3 nitrogen and oxygen atoms in total. The van der Waals surface area contributed by atoms with Crippen molar-refractivity contribution in [2.24, 2.45) is 0 Å². The zero-order chi connectivity index (χ0) is 24.3. The molecule has 0 spiro atoms. The Bertz CT molecular complexity index is 1230. The van der Waals surface area contributed by atoms with Crippen LogP contribution in [0.15, 0.2) is 66.7 Å². The van der Waals surface area contributed by atoms with E-state index in [1.807, 2.05) is 42.5 Å². The smallest absolute Gasteiger partial charge is 0.416 e. The summed E-state index contributed by atoms with van der Waals surface area (Å²) in [5.74, 6) is 5.10. The third-order valence-corrected chi connectivity index (χ3v) is 6.00. The van der Waals surface area contributed by atoms with Gasteiger partial charge in [-0.1, -0.05) is 48.4 Å². The molecule has 3 aromatic carbocycles. The van der Waals surface area contributed by atoms with Crippen molar-refractivity contribution in [2.45, 2.75) is 44.4 Å². The second-order valence-electron chi connectivity index (χ2n) is 8.21. The first-order chi connectivity index (χ1) is 16.3. The first-order valence-electron chi connectivity index (χ1n) is 11.0. The number of carboxylic acids is 1. The van der Waals surface area contributed by atoms with Crippen LogP contribution in [0.2, 0.25) is 0 Å². The third kappa shape index (κ3) is 5.09. The summed E-state index contributed by atoms with van der Waals surface area (Å²) in [6, 6.07) is 18.4. The van der Waals surface area contributed by atoms with Gasteiger partial charge < -0.3 is 9.84 Å². The lowest BCUT2D eigenvalue weighted by atomic mass is 9.96. The average molecular weight is 464 g/mol. The zero-order valence-electron chi connectivity index (χ0n) is 18.5. The molecule has 2 atom stereocenters. The highest BCUT2D eigenvalue weighted by Gasteiger charge is 2.31. The number of aliphatic carboxylic acids is 1. The van der Waals surface area contributed by atoms with Crippen LogP contribution in [0.25, 0.3) is 11.1 Å². The van der Waals surface area contributed by atoms with E-state index in [9.17, 15) is 18.0 Å². The quantitative estimate of drug-likeness (QED) is 0.399. The molecule has 0 bridgehead atoms. The molecule has 0 amide bonds. The molecule has 1 aliphatic rings. The van der Waals surface area contributed by atoms with Crippen molar-refractivity contribution in [3.63, 3.8) is 0 Å². The number of ether oxygens (including phenoxy) is 1. The lowest BCUT2D eigenvalue weighted by molar-refractivity contribution is -0.138. The molecule has 0 radical (unpaired) electrons. The molecule has 0 saturated carbocycles. The van der Waals surface area contributed by atoms with Crippen molar-refractivity contribution < 1.29 is 27.8 Å². The molecule has 6 heteroatoms. The summed E-state index contributed by atoms with van der Waals surface area (Å²) < 4.78 is 45.0. The molecular formula is C28H23F3O3. The summed E-state index contributed by atoms with van der Waals surface area (Å²) in [5, 5.41) is 9.12. The SMILES string of the molecule is CC#C[C@@H](CC(=O)O)c1ccc(OC2CCc3c(-c4ccc(C(F)(F)F)cc4)cccc32)cc1. The van der Waals surface area contributed by atoms with Crippen molar-refractivity contribution >= 4 is 5.97 Å². The molecule has 174 valence electrons. The number of fused-ring (bicyclic) bond motifs is 1. The highest BCUT2D eigenvalue weighted by atomic mass is 19.4. The van der Waals surface area contributed by atoms with E-state index in [0.29, 0.717) is 5.75 Å². The molecule has 0 aromatic heterocycles. The van der Waals surface area contributed by atoms with Crippen molar-refractivity contribution in [1.29, 1.82) is 0 Å². The number of benzene rings is 3. The molecule has 1 unspecified atom stereocenters. The second-order valence-corrected chi connectivity index (χ2v) is 8.21. The molecular weight excluding hydrogens is 441 g/mol. The Labute approximate surface area is 196 Å². The molecule has 0 fully saturated rings. The maximum absolute atomic E-state index is 12.9. The fraction of sp³-hybridized carbons (Fsp3) is 0.250. The van der Waals surface area contributed by atoms with E-state index in [0.717, 1.165) is 52.8 Å². The normalized spacial score (nSPS) is 15.7. The number of halogens is 3. The van der Waals surface area contributed by atoms with Gasteiger partial charge in [0.25, 0.3) is 0 Å². The predicted molar refractivity (Wildman–Crippen MR) is 123 cm³/mol. The topological polar surface area (TPSA) is 46.5 Å². The van der Waals surface area contributed by atoms with Gasteiger partial charge in [-0.3, -0.25) is 4.79 Å². The fourth-order valence-electron chi connectivity index (χ4n) is 4.39. The summed E-state index contributed by atoms with van der Waals surface area (Å²) in [5.41, 5.74) is 3.94. The third-order valence-electron chi connectivity index (χ3n) is 6.00. The Hall–Kier alpha value is -3.72. The van der Waals surface area contributed by atoms with Crippen molar-refractivity contribution in [3.8, 4) is 28.7 Å². The van der Waals surface area contributed by atoms with Crippen molar-refractivity contribution in [1.82, 2.24) is 0 Å². The van der Waals surface area contributed by atoms with Gasteiger partial charge in [-0.15, -0.1) is 5.92 Å². The van der Waals surface area contributed by atoms with Crippen molar-refractivity contribution in [3.05, 3.63) is 89.0 Å². The van der Waals surface area contributed by atoms with E-state index in [1.54, 1.807) is 6.92 Å². The molecule has 34 heavy (non-hydrogen) atoms. The Morgan fingerprint density at radius 2 is 1.79 bits per heavy atom. The number of hydrogen-bond donors (Lipinski definition) is 1. The van der Waals surface area contributed by atoms with Crippen LogP contribution in [0.4, 0.5) is 13.2 Å². The fourth-order valence-corrected chi connectivity index (χ4v) is 4.39. The predicted octanol–water partition coefficient (Wildman–Crippen LogP) is 7.02. The minimum atomic E-state index is -4.36. The monoisotopic (exact) mass is 464 g/mol. The summed E-state index contributed by atoms with van der Waals surface area (Å²) in [6.07, 6.45) is -3.06. The molecule has 0 aliphatic heterocycles. The molecule has 1 aliphatic carbocycles. The van der Waals surface area contributed by atoms with Crippen molar-refractivity contribution in [2.75, 3.05) is 0 Å². The molecule has 3 aromatic rings. The van der Waals surface area contributed by atoms with Gasteiger partial charge in [0, 0.05) is 0 Å². The van der Waals surface area contributed by atoms with Crippen LogP contribution in [0.1, 0.15) is 54.0 Å². The summed E-state index contributed by atoms with van der Waals surface area (Å²) in [6.45, 7) is 1.68. The molecule has 4 rings (SSSR count). The van der Waals surface area contributed by atoms with E-state index in [-0.39, 0.29) is 18.4 Å². The van der Waals surface area contributed by atoms with Gasteiger partial charge in [-0.05, 0) is 71.8 Å². The van der Waals surface area contributed by atoms with Crippen LogP contribution in [0.5, 0.6) is 5.75 Å². The van der Waals surface area contributed by atoms with E-state index in [2.05, 4.69) is 11.8 Å². The first-order valence-corrected chi connectivity index (χ1v) is 11.0. The lowest BCUT2D eigenvalue weighted by Gasteiger charge is -2.17. The highest BCUT2D eigenvalue weighted by Crippen LogP contribution is 2.41. The van der Waals surface area contributed by atoms with E-state index < -0.39 is 17.7 Å². The number of carbonyl (C=O) groups is 1. The van der Waals surface area contributed by atoms with E-state index in [4.69, 9.17) is 9.84 Å². The number of hydrogen-bond acceptors (Lipinski definition) is 2. The van der Waals surface area contributed by atoms with Gasteiger partial charge in [0.1, 0.15) is 11.9 Å². The largest absolute Gasteiger partial charge is 0.486 e. The minimum absolute atomic E-state index is 0.0657. The summed E-state index contributed by atoms with van der Waals surface area (Å²) in [7, 11) is 0. The molecule has 0 saturated heterocycles. The van der Waals surface area contributed by atoms with Gasteiger partial charge in [-0.2, -0.15) is 13.2 Å². The maximum Gasteiger partial charge on any atom is 0.416 e. The van der Waals surface area contributed by atoms with Crippen LogP contribution >= 0.6 is 0 Å². The number of alkyl halides is 3. The second kappa shape index (κ2) is 9.64. The van der Waals surface area contributed by atoms with Gasteiger partial charge in [0.2, 0.25) is 0 Å². The summed E-state index contributed by atoms with van der Waals surface area (Å²) >= 11 is 0. The van der Waals surface area contributed by atoms with Crippen LogP contribution in [0.3, 0.4) is 0 Å². The van der Waals surface area contributed by atoms with Gasteiger partial charge in [0.15, 0.2) is 0 Å². The van der Waals surface area contributed by atoms with Crippen LogP contribution in [-0.2, 0) is 17.4 Å². The minimum Gasteiger partial charge on any atom is -0.486 e. The Balaban J connectivity index is 1.53. The maximum atomic E-state index is 12.9. The summed E-state index contributed by atoms with van der Waals surface area (Å²) in [4.78, 5) is 11.1. The molecule has 1 N–H and O–H groups in total. The van der Waals surface area contributed by atoms with Gasteiger partial charge in [-0.25, -0.2) is 0 Å². The van der Waals surface area contributed by atoms with Crippen LogP contribution in [-0.4, -0.2) is 11.1 Å². The van der Waals surface area contributed by atoms with E-state index in [1.165, 1.54) is 12.1 Å². The molecule has 0 heterocycles. The lowest BCUT2D eigenvalue weighted by Crippen LogP contribution is -2.06. The average Bonchev–Trinajstić information content (AvgIpc) is 3.21. The Kier molecular flexibility index (Phi) is 6.65. The van der Waals surface area contributed by atoms with Gasteiger partial charge in [0.05, 0.1) is 17.9 Å². The van der Waals surface area contributed by atoms with Crippen LogP contribution in [0, 0.1) is 11.8 Å². The Morgan fingerprint density at radius 1 is 1.09 bits per heavy atom. The number of rotatable bonds is 6.